The number of fused-ring (bicyclic) bond motifs is 2. The average Bonchev–Trinajstić information content (AvgIpc) is 2.84. The van der Waals surface area contributed by atoms with Crippen LogP contribution in [0.3, 0.4) is 0 Å². The van der Waals surface area contributed by atoms with E-state index in [0.29, 0.717) is 6.04 Å². The molecule has 2 aliphatic rings. The Hall–Kier alpha value is -0.860. The molecule has 2 nitrogen and oxygen atoms in total. The highest BCUT2D eigenvalue weighted by Crippen LogP contribution is 2.32. The summed E-state index contributed by atoms with van der Waals surface area (Å²) in [4.78, 5) is 2.60. The van der Waals surface area contributed by atoms with Crippen LogP contribution in [0.1, 0.15) is 56.7 Å². The van der Waals surface area contributed by atoms with Gasteiger partial charge in [0.25, 0.3) is 0 Å². The number of nitrogens with one attached hydrogen (secondary N) is 1. The molecule has 2 saturated heterocycles. The van der Waals surface area contributed by atoms with E-state index in [1.807, 2.05) is 0 Å². The van der Waals surface area contributed by atoms with Crippen LogP contribution < -0.4 is 5.32 Å². The van der Waals surface area contributed by atoms with E-state index in [4.69, 9.17) is 0 Å². The van der Waals surface area contributed by atoms with E-state index < -0.39 is 0 Å². The first-order valence-electron chi connectivity index (χ1n) is 8.24. The normalized spacial score (nSPS) is 30.7. The fourth-order valence-electron chi connectivity index (χ4n) is 3.94. The molecule has 110 valence electrons. The molecule has 3 unspecified atom stereocenters. The van der Waals surface area contributed by atoms with Gasteiger partial charge in [0.2, 0.25) is 0 Å². The van der Waals surface area contributed by atoms with E-state index in [1.54, 1.807) is 0 Å². The zero-order valence-corrected chi connectivity index (χ0v) is 13.1. The van der Waals surface area contributed by atoms with E-state index in [-0.39, 0.29) is 0 Å². The molecule has 1 aromatic rings. The highest BCUT2D eigenvalue weighted by Gasteiger charge is 2.36. The summed E-state index contributed by atoms with van der Waals surface area (Å²) in [5, 5.41) is 3.74. The maximum absolute atomic E-state index is 3.74. The third-order valence-electron chi connectivity index (χ3n) is 5.51. The molecule has 2 fully saturated rings. The first-order valence-corrected chi connectivity index (χ1v) is 8.24. The highest BCUT2D eigenvalue weighted by atomic mass is 15.2. The summed E-state index contributed by atoms with van der Waals surface area (Å²) in [5.41, 5.74) is 2.89. The predicted octanol–water partition coefficient (Wildman–Crippen LogP) is 3.52. The van der Waals surface area contributed by atoms with Crippen molar-refractivity contribution in [3.05, 3.63) is 35.4 Å². The number of piperidine rings is 1. The summed E-state index contributed by atoms with van der Waals surface area (Å²) >= 11 is 0. The van der Waals surface area contributed by atoms with Crippen LogP contribution in [0.25, 0.3) is 0 Å². The molecule has 2 bridgehead atoms. The van der Waals surface area contributed by atoms with Crippen molar-refractivity contribution in [3.63, 3.8) is 0 Å². The summed E-state index contributed by atoms with van der Waals surface area (Å²) in [6.45, 7) is 4.57. The minimum Gasteiger partial charge on any atom is -0.311 e. The largest absolute Gasteiger partial charge is 0.311 e. The van der Waals surface area contributed by atoms with Crippen molar-refractivity contribution < 1.29 is 0 Å². The molecule has 0 aliphatic carbocycles. The number of hydrogen-bond donors (Lipinski definition) is 1. The molecule has 3 rings (SSSR count). The van der Waals surface area contributed by atoms with E-state index in [2.05, 4.69) is 55.4 Å². The Morgan fingerprint density at radius 2 is 1.75 bits per heavy atom. The van der Waals surface area contributed by atoms with E-state index in [9.17, 15) is 0 Å². The van der Waals surface area contributed by atoms with Crippen LogP contribution in [0, 0.1) is 0 Å². The highest BCUT2D eigenvalue weighted by molar-refractivity contribution is 5.25. The van der Waals surface area contributed by atoms with Crippen LogP contribution in [0.2, 0.25) is 0 Å². The molecule has 0 amide bonds. The molecule has 0 radical (unpaired) electrons. The Morgan fingerprint density at radius 1 is 1.15 bits per heavy atom. The Labute approximate surface area is 123 Å². The lowest BCUT2D eigenvalue weighted by Crippen LogP contribution is -2.47. The van der Waals surface area contributed by atoms with Crippen molar-refractivity contribution in [3.8, 4) is 0 Å². The molecular weight excluding hydrogens is 244 g/mol. The van der Waals surface area contributed by atoms with Gasteiger partial charge >= 0.3 is 0 Å². The summed E-state index contributed by atoms with van der Waals surface area (Å²) in [7, 11) is 2.31. The molecule has 2 heterocycles. The monoisotopic (exact) mass is 272 g/mol. The van der Waals surface area contributed by atoms with Crippen LogP contribution in [0.5, 0.6) is 0 Å². The second kappa shape index (κ2) is 5.87. The quantitative estimate of drug-likeness (QED) is 0.902. The van der Waals surface area contributed by atoms with Crippen molar-refractivity contribution in [1.29, 1.82) is 0 Å². The standard InChI is InChI=1S/C18H28N2/c1-4-14-5-7-15(8-6-14)13(2)20(3)18-11-16-9-10-17(12-18)19-16/h5-8,13,16-19H,4,9-12H2,1-3H3. The Kier molecular flexibility index (Phi) is 4.13. The van der Waals surface area contributed by atoms with Gasteiger partial charge in [-0.25, -0.2) is 0 Å². The summed E-state index contributed by atoms with van der Waals surface area (Å²) in [6, 6.07) is 12.0. The minimum atomic E-state index is 0.517. The van der Waals surface area contributed by atoms with Gasteiger partial charge in [-0.1, -0.05) is 31.2 Å². The molecule has 1 aromatic carbocycles. The fourth-order valence-corrected chi connectivity index (χ4v) is 3.94. The van der Waals surface area contributed by atoms with Gasteiger partial charge in [-0.2, -0.15) is 0 Å². The first-order chi connectivity index (χ1) is 9.67. The van der Waals surface area contributed by atoms with Gasteiger partial charge in [0.1, 0.15) is 0 Å². The maximum Gasteiger partial charge on any atom is 0.0319 e. The second-order valence-electron chi connectivity index (χ2n) is 6.70. The van der Waals surface area contributed by atoms with Crippen LogP contribution in [0.15, 0.2) is 24.3 Å². The molecule has 1 N–H and O–H groups in total. The van der Waals surface area contributed by atoms with Crippen LogP contribution >= 0.6 is 0 Å². The molecule has 0 saturated carbocycles. The average molecular weight is 272 g/mol. The number of nitrogens with zero attached hydrogens (tertiary/aromatic N) is 1. The molecule has 2 heteroatoms. The minimum absolute atomic E-state index is 0.517. The lowest BCUT2D eigenvalue weighted by molar-refractivity contribution is 0.132. The van der Waals surface area contributed by atoms with Gasteiger partial charge in [-0.3, -0.25) is 4.90 Å². The van der Waals surface area contributed by atoms with E-state index >= 15 is 0 Å². The summed E-state index contributed by atoms with van der Waals surface area (Å²) < 4.78 is 0. The van der Waals surface area contributed by atoms with Crippen LogP contribution in [-0.4, -0.2) is 30.1 Å². The van der Waals surface area contributed by atoms with Gasteiger partial charge in [-0.15, -0.1) is 0 Å². The summed E-state index contributed by atoms with van der Waals surface area (Å²) in [5.74, 6) is 0. The van der Waals surface area contributed by atoms with E-state index in [0.717, 1.165) is 24.5 Å². The zero-order chi connectivity index (χ0) is 14.1. The number of rotatable bonds is 4. The Bertz CT molecular complexity index is 427. The van der Waals surface area contributed by atoms with Gasteiger partial charge in [-0.05, 0) is 57.2 Å². The third-order valence-corrected chi connectivity index (χ3v) is 5.51. The van der Waals surface area contributed by atoms with Crippen molar-refractivity contribution in [2.24, 2.45) is 0 Å². The van der Waals surface area contributed by atoms with Gasteiger partial charge < -0.3 is 5.32 Å². The first kappa shape index (κ1) is 14.1. The van der Waals surface area contributed by atoms with Crippen molar-refractivity contribution in [2.75, 3.05) is 7.05 Å². The Balaban J connectivity index is 1.67. The lowest BCUT2D eigenvalue weighted by Gasteiger charge is -2.39. The van der Waals surface area contributed by atoms with Gasteiger partial charge in [0.15, 0.2) is 0 Å². The molecule has 0 spiro atoms. The second-order valence-corrected chi connectivity index (χ2v) is 6.70. The van der Waals surface area contributed by atoms with Crippen molar-refractivity contribution in [1.82, 2.24) is 10.2 Å². The summed E-state index contributed by atoms with van der Waals surface area (Å²) in [6.07, 6.45) is 6.54. The smallest absolute Gasteiger partial charge is 0.0319 e. The molecule has 2 aliphatic heterocycles. The number of hydrogen-bond acceptors (Lipinski definition) is 2. The van der Waals surface area contributed by atoms with Gasteiger partial charge in [0, 0.05) is 24.2 Å². The fraction of sp³-hybridized carbons (Fsp3) is 0.667. The molecular formula is C18H28N2. The van der Waals surface area contributed by atoms with E-state index in [1.165, 1.54) is 36.8 Å². The topological polar surface area (TPSA) is 15.3 Å². The number of aryl methyl sites for hydroxylation is 1. The van der Waals surface area contributed by atoms with Crippen molar-refractivity contribution in [2.45, 2.75) is 70.1 Å². The van der Waals surface area contributed by atoms with Crippen LogP contribution in [0.4, 0.5) is 0 Å². The Morgan fingerprint density at radius 3 is 2.30 bits per heavy atom. The lowest BCUT2D eigenvalue weighted by atomic mass is 9.95. The number of benzene rings is 1. The maximum atomic E-state index is 3.74. The van der Waals surface area contributed by atoms with Gasteiger partial charge in [0.05, 0.1) is 0 Å². The molecule has 0 aromatic heterocycles. The SMILES string of the molecule is CCc1ccc(C(C)N(C)C2CC3CCC(C2)N3)cc1. The van der Waals surface area contributed by atoms with Crippen LogP contribution in [-0.2, 0) is 6.42 Å². The predicted molar refractivity (Wildman–Crippen MR) is 85.0 cm³/mol. The van der Waals surface area contributed by atoms with Crippen molar-refractivity contribution >= 4 is 0 Å². The third kappa shape index (κ3) is 2.77. The molecule has 20 heavy (non-hydrogen) atoms. The molecule has 3 atom stereocenters. The zero-order valence-electron chi connectivity index (χ0n) is 13.1.